The van der Waals surface area contributed by atoms with Crippen molar-refractivity contribution in [3.05, 3.63) is 12.2 Å². The Morgan fingerprint density at radius 3 is 3.41 bits per heavy atom. The number of carbonyl (C=O) groups excluding carboxylic acids is 1. The molecular weight excluding hydrogens is 220 g/mol. The highest BCUT2D eigenvalue weighted by Gasteiger charge is 2.58. The van der Waals surface area contributed by atoms with Crippen LogP contribution in [0.5, 0.6) is 0 Å². The Labute approximate surface area is 101 Å². The van der Waals surface area contributed by atoms with Crippen LogP contribution >= 0.6 is 0 Å². The van der Waals surface area contributed by atoms with E-state index in [-0.39, 0.29) is 17.8 Å². The van der Waals surface area contributed by atoms with Gasteiger partial charge in [0.05, 0.1) is 12.7 Å². The minimum atomic E-state index is -0.334. The van der Waals surface area contributed by atoms with E-state index in [0.717, 1.165) is 13.1 Å². The van der Waals surface area contributed by atoms with Crippen molar-refractivity contribution in [2.75, 3.05) is 26.2 Å². The van der Waals surface area contributed by atoms with Crippen molar-refractivity contribution in [1.29, 1.82) is 0 Å². The van der Waals surface area contributed by atoms with Gasteiger partial charge in [0.1, 0.15) is 5.60 Å². The van der Waals surface area contributed by atoms with Crippen LogP contribution in [-0.2, 0) is 9.47 Å². The summed E-state index contributed by atoms with van der Waals surface area (Å²) in [6, 6.07) is 0. The molecule has 0 aliphatic carbocycles. The van der Waals surface area contributed by atoms with E-state index >= 15 is 0 Å². The molecule has 3 aliphatic rings. The fraction of sp³-hybridized carbons (Fsp3) is 0.750. The number of alkyl carbamates (subject to hydrolysis) is 1. The van der Waals surface area contributed by atoms with E-state index in [1.165, 1.54) is 0 Å². The molecule has 2 saturated heterocycles. The topological polar surface area (TPSA) is 59.6 Å². The number of amides is 1. The summed E-state index contributed by atoms with van der Waals surface area (Å²) < 4.78 is 10.9. The lowest BCUT2D eigenvalue weighted by Crippen LogP contribution is -2.40. The van der Waals surface area contributed by atoms with Crippen LogP contribution in [0.3, 0.4) is 0 Å². The van der Waals surface area contributed by atoms with Crippen molar-refractivity contribution in [3.63, 3.8) is 0 Å². The summed E-state index contributed by atoms with van der Waals surface area (Å²) in [4.78, 5) is 11.3. The van der Waals surface area contributed by atoms with E-state index in [9.17, 15) is 4.79 Å². The third kappa shape index (κ3) is 1.65. The molecule has 3 heterocycles. The van der Waals surface area contributed by atoms with Crippen LogP contribution in [0.1, 0.15) is 6.92 Å². The van der Waals surface area contributed by atoms with Crippen molar-refractivity contribution in [1.82, 2.24) is 10.6 Å². The molecule has 2 N–H and O–H groups in total. The summed E-state index contributed by atoms with van der Waals surface area (Å²) in [5.74, 6) is 0.832. The van der Waals surface area contributed by atoms with Gasteiger partial charge in [-0.25, -0.2) is 4.79 Å². The Kier molecular flexibility index (Phi) is 2.60. The molecule has 0 saturated carbocycles. The second kappa shape index (κ2) is 3.99. The van der Waals surface area contributed by atoms with Gasteiger partial charge in [0.2, 0.25) is 0 Å². The van der Waals surface area contributed by atoms with Crippen LogP contribution in [0.2, 0.25) is 0 Å². The Morgan fingerprint density at radius 1 is 1.71 bits per heavy atom. The second-order valence-corrected chi connectivity index (χ2v) is 4.90. The molecule has 4 atom stereocenters. The fourth-order valence-electron chi connectivity index (χ4n) is 3.24. The molecule has 3 aliphatic heterocycles. The van der Waals surface area contributed by atoms with Crippen LogP contribution < -0.4 is 10.6 Å². The number of hydrogen-bond donors (Lipinski definition) is 2. The van der Waals surface area contributed by atoms with Gasteiger partial charge in [-0.05, 0) is 6.92 Å². The average molecular weight is 238 g/mol. The molecule has 2 fully saturated rings. The SMILES string of the molecule is CCOC(=O)NCC1C2C=CC3(CNCC13)O2. The minimum absolute atomic E-state index is 0.105. The zero-order valence-electron chi connectivity index (χ0n) is 9.94. The Hall–Kier alpha value is -1.07. The van der Waals surface area contributed by atoms with Gasteiger partial charge < -0.3 is 20.1 Å². The molecule has 0 aromatic carbocycles. The standard InChI is InChI=1S/C12H18N2O3/c1-2-16-11(15)14-5-8-9-6-13-7-12(9)4-3-10(8)17-12/h3-4,8-10,13H,2,5-7H2,1H3,(H,14,15). The van der Waals surface area contributed by atoms with E-state index in [4.69, 9.17) is 9.47 Å². The van der Waals surface area contributed by atoms with Crippen LogP contribution in [0.4, 0.5) is 4.79 Å². The summed E-state index contributed by atoms with van der Waals surface area (Å²) in [5.41, 5.74) is -0.105. The first-order valence-electron chi connectivity index (χ1n) is 6.24. The zero-order chi connectivity index (χ0) is 11.9. The number of carbonyl (C=O) groups is 1. The molecule has 1 spiro atoms. The highest BCUT2D eigenvalue weighted by Crippen LogP contribution is 2.48. The van der Waals surface area contributed by atoms with Gasteiger partial charge >= 0.3 is 6.09 Å². The summed E-state index contributed by atoms with van der Waals surface area (Å²) in [6.45, 7) is 4.70. The maximum atomic E-state index is 11.3. The molecule has 4 unspecified atom stereocenters. The van der Waals surface area contributed by atoms with Gasteiger partial charge in [-0.15, -0.1) is 0 Å². The van der Waals surface area contributed by atoms with Gasteiger partial charge in [-0.1, -0.05) is 12.2 Å². The molecule has 5 nitrogen and oxygen atoms in total. The van der Waals surface area contributed by atoms with Crippen molar-refractivity contribution in [3.8, 4) is 0 Å². The third-order valence-electron chi connectivity index (χ3n) is 4.01. The molecule has 2 bridgehead atoms. The third-order valence-corrected chi connectivity index (χ3v) is 4.01. The fourth-order valence-corrected chi connectivity index (χ4v) is 3.24. The maximum Gasteiger partial charge on any atom is 0.407 e. The van der Waals surface area contributed by atoms with Crippen LogP contribution in [-0.4, -0.2) is 44.0 Å². The van der Waals surface area contributed by atoms with Crippen LogP contribution in [0.25, 0.3) is 0 Å². The number of hydrogen-bond acceptors (Lipinski definition) is 4. The number of fused-ring (bicyclic) bond motifs is 1. The second-order valence-electron chi connectivity index (χ2n) is 4.90. The number of ether oxygens (including phenoxy) is 2. The van der Waals surface area contributed by atoms with E-state index < -0.39 is 0 Å². The quantitative estimate of drug-likeness (QED) is 0.693. The molecule has 5 heteroatoms. The largest absolute Gasteiger partial charge is 0.450 e. The smallest absolute Gasteiger partial charge is 0.407 e. The van der Waals surface area contributed by atoms with E-state index in [2.05, 4.69) is 22.8 Å². The average Bonchev–Trinajstić information content (AvgIpc) is 2.95. The number of rotatable bonds is 3. The maximum absolute atomic E-state index is 11.3. The predicted octanol–water partition coefficient (Wildman–Crippen LogP) is 0.276. The van der Waals surface area contributed by atoms with Gasteiger partial charge in [-0.2, -0.15) is 0 Å². The van der Waals surface area contributed by atoms with Crippen LogP contribution in [0.15, 0.2) is 12.2 Å². The molecule has 94 valence electrons. The molecule has 1 amide bonds. The molecule has 17 heavy (non-hydrogen) atoms. The van der Waals surface area contributed by atoms with E-state index in [0.29, 0.717) is 25.0 Å². The lowest BCUT2D eigenvalue weighted by molar-refractivity contribution is 0.0309. The Bertz CT molecular complexity index is 358. The molecule has 0 aromatic rings. The Balaban J connectivity index is 1.62. The van der Waals surface area contributed by atoms with Crippen molar-refractivity contribution in [2.24, 2.45) is 11.8 Å². The van der Waals surface area contributed by atoms with Gasteiger partial charge in [0.25, 0.3) is 0 Å². The zero-order valence-corrected chi connectivity index (χ0v) is 9.94. The van der Waals surface area contributed by atoms with Crippen molar-refractivity contribution in [2.45, 2.75) is 18.6 Å². The first kappa shape index (κ1) is 11.0. The van der Waals surface area contributed by atoms with Gasteiger partial charge in [0.15, 0.2) is 0 Å². The summed E-state index contributed by atoms with van der Waals surface area (Å²) >= 11 is 0. The highest BCUT2D eigenvalue weighted by molar-refractivity contribution is 5.67. The molecule has 3 rings (SSSR count). The summed E-state index contributed by atoms with van der Waals surface area (Å²) in [7, 11) is 0. The minimum Gasteiger partial charge on any atom is -0.450 e. The monoisotopic (exact) mass is 238 g/mol. The summed E-state index contributed by atoms with van der Waals surface area (Å²) in [5, 5.41) is 6.18. The van der Waals surface area contributed by atoms with Gasteiger partial charge in [0, 0.05) is 31.5 Å². The number of nitrogens with one attached hydrogen (secondary N) is 2. The van der Waals surface area contributed by atoms with Crippen molar-refractivity contribution >= 4 is 6.09 Å². The molecule has 0 radical (unpaired) electrons. The highest BCUT2D eigenvalue weighted by atomic mass is 16.5. The van der Waals surface area contributed by atoms with E-state index in [1.54, 1.807) is 6.92 Å². The van der Waals surface area contributed by atoms with Gasteiger partial charge in [-0.3, -0.25) is 0 Å². The van der Waals surface area contributed by atoms with E-state index in [1.807, 2.05) is 0 Å². The van der Waals surface area contributed by atoms with Crippen LogP contribution in [0, 0.1) is 11.8 Å². The Morgan fingerprint density at radius 2 is 2.59 bits per heavy atom. The molecule has 0 aromatic heterocycles. The van der Waals surface area contributed by atoms with Crippen molar-refractivity contribution < 1.29 is 14.3 Å². The normalized spacial score (nSPS) is 41.6. The molecular formula is C12H18N2O3. The first-order valence-corrected chi connectivity index (χ1v) is 6.24. The lowest BCUT2D eigenvalue weighted by atomic mass is 9.77. The summed E-state index contributed by atoms with van der Waals surface area (Å²) in [6.07, 6.45) is 4.13. The lowest BCUT2D eigenvalue weighted by Gasteiger charge is -2.25. The first-order chi connectivity index (χ1) is 8.25. The predicted molar refractivity (Wildman–Crippen MR) is 61.6 cm³/mol.